The number of methoxy groups -OCH3 is 1. The minimum atomic E-state index is -0.0773. The third kappa shape index (κ3) is 2.96. The molecule has 102 valence electrons. The Hall–Kier alpha value is -1.81. The number of carbonyl (C=O) groups is 1. The monoisotopic (exact) mass is 260 g/mol. The maximum atomic E-state index is 11.5. The fourth-order valence-electron chi connectivity index (χ4n) is 2.51. The molecule has 2 rings (SSSR count). The van der Waals surface area contributed by atoms with Crippen molar-refractivity contribution in [2.24, 2.45) is 11.8 Å². The average molecular weight is 260 g/mol. The number of allylic oxidation sites excluding steroid dienone is 2. The number of rotatable bonds is 3. The summed E-state index contributed by atoms with van der Waals surface area (Å²) in [6, 6.07) is 6.16. The minimum Gasteiger partial charge on any atom is -0.496 e. The molecule has 0 spiro atoms. The van der Waals surface area contributed by atoms with Gasteiger partial charge in [0.15, 0.2) is 0 Å². The lowest BCUT2D eigenvalue weighted by Crippen LogP contribution is -2.36. The van der Waals surface area contributed by atoms with Crippen molar-refractivity contribution < 1.29 is 9.53 Å². The molecule has 0 fully saturated rings. The second-order valence-electron chi connectivity index (χ2n) is 4.91. The molecule has 4 heteroatoms. The van der Waals surface area contributed by atoms with Gasteiger partial charge in [-0.05, 0) is 43.9 Å². The van der Waals surface area contributed by atoms with Crippen LogP contribution in [-0.2, 0) is 4.79 Å². The van der Waals surface area contributed by atoms with Gasteiger partial charge in [-0.2, -0.15) is 0 Å². The van der Waals surface area contributed by atoms with Crippen LogP contribution in [0, 0.1) is 12.8 Å². The molecule has 19 heavy (non-hydrogen) atoms. The molecule has 0 saturated heterocycles. The number of ether oxygens (including phenoxy) is 1. The summed E-state index contributed by atoms with van der Waals surface area (Å²) in [5, 5.41) is 0. The van der Waals surface area contributed by atoms with Crippen molar-refractivity contribution in [3.8, 4) is 5.75 Å². The minimum absolute atomic E-state index is 0.00967. The van der Waals surface area contributed by atoms with Gasteiger partial charge in [0.1, 0.15) is 5.75 Å². The fourth-order valence-corrected chi connectivity index (χ4v) is 2.51. The number of hydrogen-bond acceptors (Lipinski definition) is 3. The van der Waals surface area contributed by atoms with Crippen LogP contribution < -0.4 is 16.0 Å². The van der Waals surface area contributed by atoms with Gasteiger partial charge < -0.3 is 4.74 Å². The summed E-state index contributed by atoms with van der Waals surface area (Å²) in [4.78, 5) is 11.5. The first-order valence-corrected chi connectivity index (χ1v) is 6.50. The number of hydrogen-bond donors (Lipinski definition) is 2. The highest BCUT2D eigenvalue weighted by atomic mass is 16.5. The molecule has 1 aliphatic carbocycles. The number of hydrazine groups is 1. The maximum Gasteiger partial charge on any atom is 0.237 e. The Labute approximate surface area is 113 Å². The van der Waals surface area contributed by atoms with Gasteiger partial charge in [-0.1, -0.05) is 17.7 Å². The zero-order valence-corrected chi connectivity index (χ0v) is 11.4. The second-order valence-corrected chi connectivity index (χ2v) is 4.91. The highest BCUT2D eigenvalue weighted by Crippen LogP contribution is 2.35. The van der Waals surface area contributed by atoms with Gasteiger partial charge in [0.2, 0.25) is 5.91 Å². The molecule has 0 aliphatic heterocycles. The van der Waals surface area contributed by atoms with E-state index in [1.54, 1.807) is 7.11 Å². The summed E-state index contributed by atoms with van der Waals surface area (Å²) in [5.41, 5.74) is 5.82. The first kappa shape index (κ1) is 13.6. The lowest BCUT2D eigenvalue weighted by atomic mass is 9.85. The van der Waals surface area contributed by atoms with Crippen molar-refractivity contribution in [1.29, 1.82) is 0 Å². The molecule has 1 unspecified atom stereocenters. The molecule has 0 radical (unpaired) electrons. The number of aryl methyl sites for hydroxylation is 1. The van der Waals surface area contributed by atoms with E-state index in [1.807, 2.05) is 12.1 Å². The Morgan fingerprint density at radius 3 is 2.84 bits per heavy atom. The molecule has 1 aromatic carbocycles. The smallest absolute Gasteiger partial charge is 0.237 e. The molecule has 1 atom stereocenters. The molecule has 0 aromatic heterocycles. The Kier molecular flexibility index (Phi) is 4.22. The average Bonchev–Trinajstić information content (AvgIpc) is 2.46. The van der Waals surface area contributed by atoms with E-state index in [0.29, 0.717) is 0 Å². The third-order valence-corrected chi connectivity index (χ3v) is 3.62. The fraction of sp³-hybridized carbons (Fsp3) is 0.400. The highest BCUT2D eigenvalue weighted by molar-refractivity contribution is 5.80. The lowest BCUT2D eigenvalue weighted by Gasteiger charge is -2.22. The van der Waals surface area contributed by atoms with Gasteiger partial charge >= 0.3 is 0 Å². The SMILES string of the molecule is COc1ccc(C)cc1C1=CCC(C(=O)NN)CC1. The van der Waals surface area contributed by atoms with Crippen LogP contribution in [-0.4, -0.2) is 13.0 Å². The first-order chi connectivity index (χ1) is 9.15. The van der Waals surface area contributed by atoms with Crippen LogP contribution in [0.2, 0.25) is 0 Å². The van der Waals surface area contributed by atoms with Crippen LogP contribution in [0.1, 0.15) is 30.4 Å². The van der Waals surface area contributed by atoms with Gasteiger partial charge in [-0.25, -0.2) is 5.84 Å². The van der Waals surface area contributed by atoms with E-state index in [-0.39, 0.29) is 11.8 Å². The summed E-state index contributed by atoms with van der Waals surface area (Å²) in [7, 11) is 1.68. The van der Waals surface area contributed by atoms with Crippen molar-refractivity contribution in [1.82, 2.24) is 5.43 Å². The first-order valence-electron chi connectivity index (χ1n) is 6.50. The van der Waals surface area contributed by atoms with Crippen molar-refractivity contribution in [3.63, 3.8) is 0 Å². The number of benzene rings is 1. The van der Waals surface area contributed by atoms with Gasteiger partial charge in [0, 0.05) is 11.5 Å². The van der Waals surface area contributed by atoms with Crippen LogP contribution in [0.3, 0.4) is 0 Å². The zero-order valence-electron chi connectivity index (χ0n) is 11.4. The van der Waals surface area contributed by atoms with E-state index in [4.69, 9.17) is 10.6 Å². The molecule has 1 amide bonds. The molecule has 1 aliphatic rings. The quantitative estimate of drug-likeness (QED) is 0.497. The number of nitrogens with one attached hydrogen (secondary N) is 1. The van der Waals surface area contributed by atoms with Gasteiger partial charge in [0.25, 0.3) is 0 Å². The van der Waals surface area contributed by atoms with Crippen LogP contribution in [0.4, 0.5) is 0 Å². The van der Waals surface area contributed by atoms with Crippen LogP contribution >= 0.6 is 0 Å². The zero-order chi connectivity index (χ0) is 13.8. The second kappa shape index (κ2) is 5.89. The maximum absolute atomic E-state index is 11.5. The van der Waals surface area contributed by atoms with Crippen LogP contribution in [0.15, 0.2) is 24.3 Å². The Morgan fingerprint density at radius 2 is 2.26 bits per heavy atom. The molecule has 3 N–H and O–H groups in total. The van der Waals surface area contributed by atoms with E-state index in [0.717, 1.165) is 30.6 Å². The molecule has 0 heterocycles. The van der Waals surface area contributed by atoms with Gasteiger partial charge in [0.05, 0.1) is 7.11 Å². The molecule has 0 saturated carbocycles. The van der Waals surface area contributed by atoms with Crippen molar-refractivity contribution >= 4 is 11.5 Å². The van der Waals surface area contributed by atoms with Crippen molar-refractivity contribution in [2.75, 3.05) is 7.11 Å². The number of amides is 1. The largest absolute Gasteiger partial charge is 0.496 e. The normalized spacial score (nSPS) is 18.7. The summed E-state index contributed by atoms with van der Waals surface area (Å²) in [5.74, 6) is 5.97. The van der Waals surface area contributed by atoms with Gasteiger partial charge in [-0.15, -0.1) is 0 Å². The lowest BCUT2D eigenvalue weighted by molar-refractivity contribution is -0.125. The summed E-state index contributed by atoms with van der Waals surface area (Å²) in [6.07, 6.45) is 4.56. The standard InChI is InChI=1S/C15H20N2O2/c1-10-3-8-14(19-2)13(9-10)11-4-6-12(7-5-11)15(18)17-16/h3-4,8-9,12H,5-7,16H2,1-2H3,(H,17,18). The Bertz CT molecular complexity index is 509. The van der Waals surface area contributed by atoms with Crippen LogP contribution in [0.25, 0.3) is 5.57 Å². The molecule has 1 aromatic rings. The van der Waals surface area contributed by atoms with E-state index < -0.39 is 0 Å². The van der Waals surface area contributed by atoms with Crippen LogP contribution in [0.5, 0.6) is 5.75 Å². The highest BCUT2D eigenvalue weighted by Gasteiger charge is 2.22. The predicted molar refractivity (Wildman–Crippen MR) is 75.4 cm³/mol. The van der Waals surface area contributed by atoms with E-state index in [1.165, 1.54) is 11.1 Å². The molecular formula is C15H20N2O2. The Balaban J connectivity index is 2.22. The molecular weight excluding hydrogens is 240 g/mol. The summed E-state index contributed by atoms with van der Waals surface area (Å²) in [6.45, 7) is 2.07. The molecule has 4 nitrogen and oxygen atoms in total. The number of nitrogens with two attached hydrogens (primary N) is 1. The van der Waals surface area contributed by atoms with E-state index >= 15 is 0 Å². The van der Waals surface area contributed by atoms with Crippen molar-refractivity contribution in [2.45, 2.75) is 26.2 Å². The molecule has 0 bridgehead atoms. The summed E-state index contributed by atoms with van der Waals surface area (Å²) >= 11 is 0. The summed E-state index contributed by atoms with van der Waals surface area (Å²) < 4.78 is 5.41. The van der Waals surface area contributed by atoms with E-state index in [9.17, 15) is 4.79 Å². The topological polar surface area (TPSA) is 64.3 Å². The van der Waals surface area contributed by atoms with Gasteiger partial charge in [-0.3, -0.25) is 10.2 Å². The number of carbonyl (C=O) groups excluding carboxylic acids is 1. The van der Waals surface area contributed by atoms with E-state index in [2.05, 4.69) is 24.5 Å². The predicted octanol–water partition coefficient (Wildman–Crippen LogP) is 2.18. The third-order valence-electron chi connectivity index (χ3n) is 3.62. The van der Waals surface area contributed by atoms with Crippen molar-refractivity contribution in [3.05, 3.63) is 35.4 Å². The Morgan fingerprint density at radius 1 is 1.47 bits per heavy atom.